The van der Waals surface area contributed by atoms with Gasteiger partial charge in [-0.25, -0.2) is 13.8 Å². The van der Waals surface area contributed by atoms with E-state index in [9.17, 15) is 14.0 Å². The third-order valence-corrected chi connectivity index (χ3v) is 8.23. The van der Waals surface area contributed by atoms with Crippen molar-refractivity contribution in [3.05, 3.63) is 119 Å². The van der Waals surface area contributed by atoms with Crippen LogP contribution in [0.5, 0.6) is 0 Å². The molecule has 0 radical (unpaired) electrons. The number of rotatable bonds is 6. The van der Waals surface area contributed by atoms with Gasteiger partial charge in [0.1, 0.15) is 23.0 Å². The van der Waals surface area contributed by atoms with Crippen LogP contribution in [0.3, 0.4) is 0 Å². The van der Waals surface area contributed by atoms with E-state index in [0.29, 0.717) is 16.7 Å². The van der Waals surface area contributed by atoms with Gasteiger partial charge in [0.25, 0.3) is 11.8 Å². The fraction of sp³-hybridized carbons (Fsp3) is 0.143. The first-order valence-electron chi connectivity index (χ1n) is 14.2. The number of hydrogen-bond acceptors (Lipinski definition) is 5. The van der Waals surface area contributed by atoms with Crippen molar-refractivity contribution in [2.45, 2.75) is 25.3 Å². The molecule has 1 saturated carbocycles. The number of halogens is 2. The van der Waals surface area contributed by atoms with Crippen molar-refractivity contribution in [1.82, 2.24) is 20.6 Å². The van der Waals surface area contributed by atoms with Crippen LogP contribution in [0.2, 0.25) is 0 Å². The monoisotopic (exact) mass is 588 g/mol. The van der Waals surface area contributed by atoms with Crippen molar-refractivity contribution in [1.29, 1.82) is 0 Å². The molecule has 7 rings (SSSR count). The molecule has 6 aromatic rings. The van der Waals surface area contributed by atoms with Gasteiger partial charge in [-0.05, 0) is 91.6 Å². The van der Waals surface area contributed by atoms with Crippen molar-refractivity contribution < 1.29 is 22.8 Å². The quantitative estimate of drug-likeness (QED) is 0.217. The molecule has 1 aliphatic rings. The number of aryl methyl sites for hydroxylation is 1. The zero-order valence-electron chi connectivity index (χ0n) is 23.9. The third kappa shape index (κ3) is 4.57. The minimum Gasteiger partial charge on any atom is -0.455 e. The molecule has 0 spiro atoms. The molecular weight excluding hydrogens is 562 g/mol. The van der Waals surface area contributed by atoms with Crippen LogP contribution in [0, 0.1) is 18.6 Å². The summed E-state index contributed by atoms with van der Waals surface area (Å²) in [6, 6.07) is 19.5. The average Bonchev–Trinajstić information content (AvgIpc) is 3.72. The van der Waals surface area contributed by atoms with Gasteiger partial charge in [-0.1, -0.05) is 12.1 Å². The molecule has 9 heteroatoms. The van der Waals surface area contributed by atoms with Gasteiger partial charge in [-0.3, -0.25) is 14.6 Å². The lowest BCUT2D eigenvalue weighted by atomic mass is 9.94. The van der Waals surface area contributed by atoms with Crippen molar-refractivity contribution in [2.24, 2.45) is 0 Å². The molecule has 7 nitrogen and oxygen atoms in total. The number of amides is 2. The Morgan fingerprint density at radius 3 is 2.45 bits per heavy atom. The topological polar surface area (TPSA) is 97.1 Å². The first-order chi connectivity index (χ1) is 21.3. The molecule has 218 valence electrons. The predicted molar refractivity (Wildman–Crippen MR) is 163 cm³/mol. The summed E-state index contributed by atoms with van der Waals surface area (Å²) in [5.41, 5.74) is 3.39. The average molecular weight is 589 g/mol. The van der Waals surface area contributed by atoms with Gasteiger partial charge >= 0.3 is 0 Å². The summed E-state index contributed by atoms with van der Waals surface area (Å²) in [5, 5.41) is 6.68. The van der Waals surface area contributed by atoms with E-state index in [4.69, 9.17) is 9.40 Å². The summed E-state index contributed by atoms with van der Waals surface area (Å²) < 4.78 is 36.0. The molecule has 0 aliphatic heterocycles. The molecule has 3 aromatic carbocycles. The van der Waals surface area contributed by atoms with Gasteiger partial charge in [0, 0.05) is 35.3 Å². The molecule has 3 heterocycles. The molecule has 3 aromatic heterocycles. The molecule has 0 atom stereocenters. The van der Waals surface area contributed by atoms with E-state index in [1.165, 1.54) is 31.3 Å². The van der Waals surface area contributed by atoms with Crippen LogP contribution < -0.4 is 10.6 Å². The first kappa shape index (κ1) is 27.4. The third-order valence-electron chi connectivity index (χ3n) is 8.23. The van der Waals surface area contributed by atoms with Crippen molar-refractivity contribution in [3.63, 3.8) is 0 Å². The predicted octanol–water partition coefficient (Wildman–Crippen LogP) is 7.08. The molecular formula is C35H26F2N4O3. The summed E-state index contributed by atoms with van der Waals surface area (Å²) in [6.45, 7) is 1.83. The number of hydrogen-bond donors (Lipinski definition) is 2. The number of carbonyl (C=O) groups excluding carboxylic acids is 2. The number of nitrogens with one attached hydrogen (secondary N) is 2. The normalized spacial score (nSPS) is 13.6. The Hall–Kier alpha value is -5.44. The number of nitrogens with zero attached hydrogens (tertiary/aromatic N) is 2. The van der Waals surface area contributed by atoms with Crippen LogP contribution in [0.1, 0.15) is 44.8 Å². The summed E-state index contributed by atoms with van der Waals surface area (Å²) >= 11 is 0. The molecule has 1 fully saturated rings. The SMILES string of the molecule is CNC(=O)c1c(-c2ccc(F)cc2)oc2ccc(-c3cc(C(=O)NC4(c5ccc6ccncc6n5)CC4)ccc3C)c(F)c12. The van der Waals surface area contributed by atoms with Gasteiger partial charge in [0.05, 0.1) is 33.9 Å². The largest absolute Gasteiger partial charge is 0.455 e. The summed E-state index contributed by atoms with van der Waals surface area (Å²) in [4.78, 5) is 35.5. The van der Waals surface area contributed by atoms with Crippen LogP contribution in [0.15, 0.2) is 89.6 Å². The maximum absolute atomic E-state index is 16.4. The van der Waals surface area contributed by atoms with E-state index in [-0.39, 0.29) is 33.8 Å². The lowest BCUT2D eigenvalue weighted by Gasteiger charge is -2.18. The fourth-order valence-corrected chi connectivity index (χ4v) is 5.65. The van der Waals surface area contributed by atoms with Crippen molar-refractivity contribution >= 4 is 33.7 Å². The zero-order chi connectivity index (χ0) is 30.6. The molecule has 1 aliphatic carbocycles. The van der Waals surface area contributed by atoms with Crippen LogP contribution in [-0.4, -0.2) is 28.8 Å². The van der Waals surface area contributed by atoms with Crippen LogP contribution >= 0.6 is 0 Å². The summed E-state index contributed by atoms with van der Waals surface area (Å²) in [6.07, 6.45) is 4.91. The van der Waals surface area contributed by atoms with E-state index in [1.807, 2.05) is 25.1 Å². The Labute approximate surface area is 251 Å². The van der Waals surface area contributed by atoms with E-state index in [1.54, 1.807) is 42.7 Å². The molecule has 0 bridgehead atoms. The number of fused-ring (bicyclic) bond motifs is 2. The second kappa shape index (κ2) is 10.4. The van der Waals surface area contributed by atoms with Gasteiger partial charge < -0.3 is 15.1 Å². The van der Waals surface area contributed by atoms with Gasteiger partial charge in [-0.15, -0.1) is 0 Å². The Balaban J connectivity index is 1.27. The summed E-state index contributed by atoms with van der Waals surface area (Å²) in [7, 11) is 1.44. The van der Waals surface area contributed by atoms with Gasteiger partial charge in [0.2, 0.25) is 0 Å². The molecule has 2 amide bonds. The molecule has 44 heavy (non-hydrogen) atoms. The van der Waals surface area contributed by atoms with Crippen LogP contribution in [0.25, 0.3) is 44.3 Å². The summed E-state index contributed by atoms with van der Waals surface area (Å²) in [5.74, 6) is -1.82. The minimum absolute atomic E-state index is 0.00392. The number of aromatic nitrogens is 2. The van der Waals surface area contributed by atoms with Crippen LogP contribution in [-0.2, 0) is 5.54 Å². The highest BCUT2D eigenvalue weighted by Crippen LogP contribution is 2.45. The Morgan fingerprint density at radius 2 is 1.70 bits per heavy atom. The highest BCUT2D eigenvalue weighted by atomic mass is 19.1. The number of benzene rings is 3. The lowest BCUT2D eigenvalue weighted by Crippen LogP contribution is -2.35. The number of pyridine rings is 2. The smallest absolute Gasteiger partial charge is 0.255 e. The van der Waals surface area contributed by atoms with Crippen LogP contribution in [0.4, 0.5) is 8.78 Å². The molecule has 0 saturated heterocycles. The minimum atomic E-state index is -0.661. The maximum atomic E-state index is 16.4. The van der Waals surface area contributed by atoms with Crippen molar-refractivity contribution in [3.8, 4) is 22.5 Å². The highest BCUT2D eigenvalue weighted by molar-refractivity contribution is 6.12. The zero-order valence-corrected chi connectivity index (χ0v) is 23.9. The molecule has 0 unspecified atom stereocenters. The molecule has 2 N–H and O–H groups in total. The van der Waals surface area contributed by atoms with E-state index >= 15 is 4.39 Å². The van der Waals surface area contributed by atoms with E-state index in [0.717, 1.165) is 35.0 Å². The first-order valence-corrected chi connectivity index (χ1v) is 14.2. The number of furan rings is 1. The second-order valence-electron chi connectivity index (χ2n) is 11.0. The van der Waals surface area contributed by atoms with E-state index in [2.05, 4.69) is 15.6 Å². The van der Waals surface area contributed by atoms with E-state index < -0.39 is 23.1 Å². The van der Waals surface area contributed by atoms with Gasteiger partial charge in [-0.2, -0.15) is 0 Å². The standard InChI is InChI=1S/C35H26F2N4O3/c1-19-3-4-22(33(42)41-35(14-15-35)28-12-7-20-13-16-39-18-26(20)40-28)17-25(19)24-10-11-27-29(31(24)37)30(34(43)38-2)32(44-27)21-5-8-23(36)9-6-21/h3-13,16-18H,14-15H2,1-2H3,(H,38,43)(H,41,42). The Bertz CT molecular complexity index is 2120. The maximum Gasteiger partial charge on any atom is 0.255 e. The van der Waals surface area contributed by atoms with Gasteiger partial charge in [0.15, 0.2) is 0 Å². The lowest BCUT2D eigenvalue weighted by molar-refractivity contribution is 0.0928. The Kier molecular flexibility index (Phi) is 6.46. The van der Waals surface area contributed by atoms with Crippen molar-refractivity contribution in [2.75, 3.05) is 7.05 Å². The Morgan fingerprint density at radius 1 is 0.909 bits per heavy atom. The highest BCUT2D eigenvalue weighted by Gasteiger charge is 2.47. The second-order valence-corrected chi connectivity index (χ2v) is 11.0. The fourth-order valence-electron chi connectivity index (χ4n) is 5.65. The number of carbonyl (C=O) groups is 2.